The van der Waals surface area contributed by atoms with Gasteiger partial charge >= 0.3 is 0 Å². The first kappa shape index (κ1) is 10.8. The van der Waals surface area contributed by atoms with Crippen LogP contribution in [0.3, 0.4) is 0 Å². The Bertz CT molecular complexity index is 334. The fourth-order valence-corrected chi connectivity index (χ4v) is 2.50. The molecule has 1 aromatic carbocycles. The first-order valence-electron chi connectivity index (χ1n) is 5.28. The van der Waals surface area contributed by atoms with E-state index in [1.54, 1.807) is 18.9 Å². The summed E-state index contributed by atoms with van der Waals surface area (Å²) < 4.78 is 5.46. The highest BCUT2D eigenvalue weighted by Gasteiger charge is 2.20. The van der Waals surface area contributed by atoms with Crippen LogP contribution in [0.2, 0.25) is 0 Å². The van der Waals surface area contributed by atoms with Gasteiger partial charge in [-0.2, -0.15) is 0 Å². The molecule has 0 amide bonds. The van der Waals surface area contributed by atoms with Gasteiger partial charge in [0.25, 0.3) is 0 Å². The standard InChI is InChI=1S/C12H17NOS/c1-14-12-7-10(15-2)3-4-11(12)9-5-6-13-8-9/h3-4,7,9,13H,5-6,8H2,1-2H3. The van der Waals surface area contributed by atoms with Gasteiger partial charge in [-0.1, -0.05) is 6.07 Å². The molecule has 0 radical (unpaired) electrons. The number of hydrogen-bond donors (Lipinski definition) is 1. The lowest BCUT2D eigenvalue weighted by Crippen LogP contribution is -2.08. The van der Waals surface area contributed by atoms with Crippen LogP contribution < -0.4 is 10.1 Å². The fourth-order valence-electron chi connectivity index (χ4n) is 2.08. The minimum atomic E-state index is 0.621. The van der Waals surface area contributed by atoms with Gasteiger partial charge in [-0.25, -0.2) is 0 Å². The highest BCUT2D eigenvalue weighted by molar-refractivity contribution is 7.98. The van der Waals surface area contributed by atoms with E-state index in [4.69, 9.17) is 4.74 Å². The normalized spacial score (nSPS) is 20.5. The molecule has 1 saturated heterocycles. The molecule has 1 aliphatic heterocycles. The van der Waals surface area contributed by atoms with E-state index in [0.717, 1.165) is 18.8 Å². The second-order valence-electron chi connectivity index (χ2n) is 3.80. The van der Waals surface area contributed by atoms with Crippen LogP contribution in [0, 0.1) is 0 Å². The largest absolute Gasteiger partial charge is 0.496 e. The molecule has 1 atom stereocenters. The zero-order valence-electron chi connectivity index (χ0n) is 9.25. The number of ether oxygens (including phenoxy) is 1. The Balaban J connectivity index is 2.29. The van der Waals surface area contributed by atoms with Crippen LogP contribution in [0.25, 0.3) is 0 Å². The SMILES string of the molecule is COc1cc(SC)ccc1C1CCNC1. The summed E-state index contributed by atoms with van der Waals surface area (Å²) in [5.74, 6) is 1.66. The predicted molar refractivity (Wildman–Crippen MR) is 65.0 cm³/mol. The smallest absolute Gasteiger partial charge is 0.123 e. The summed E-state index contributed by atoms with van der Waals surface area (Å²) in [5, 5.41) is 3.39. The molecule has 0 aliphatic carbocycles. The van der Waals surface area contributed by atoms with Crippen molar-refractivity contribution in [2.24, 2.45) is 0 Å². The number of benzene rings is 1. The van der Waals surface area contributed by atoms with Gasteiger partial charge in [-0.3, -0.25) is 0 Å². The lowest BCUT2D eigenvalue weighted by Gasteiger charge is -2.14. The van der Waals surface area contributed by atoms with Crippen molar-refractivity contribution in [3.8, 4) is 5.75 Å². The van der Waals surface area contributed by atoms with Crippen LogP contribution in [-0.4, -0.2) is 26.5 Å². The number of methoxy groups -OCH3 is 1. The third kappa shape index (κ3) is 2.29. The maximum absolute atomic E-state index is 5.46. The highest BCUT2D eigenvalue weighted by atomic mass is 32.2. The Morgan fingerprint density at radius 1 is 1.47 bits per heavy atom. The molecule has 0 saturated carbocycles. The lowest BCUT2D eigenvalue weighted by molar-refractivity contribution is 0.405. The molecule has 1 aliphatic rings. The number of hydrogen-bond acceptors (Lipinski definition) is 3. The van der Waals surface area contributed by atoms with Crippen molar-refractivity contribution in [3.05, 3.63) is 23.8 Å². The summed E-state index contributed by atoms with van der Waals surface area (Å²) >= 11 is 1.75. The van der Waals surface area contributed by atoms with Crippen molar-refractivity contribution >= 4 is 11.8 Å². The molecule has 0 spiro atoms. The van der Waals surface area contributed by atoms with Crippen molar-refractivity contribution in [1.29, 1.82) is 0 Å². The van der Waals surface area contributed by atoms with E-state index in [9.17, 15) is 0 Å². The van der Waals surface area contributed by atoms with Crippen LogP contribution in [-0.2, 0) is 0 Å². The third-order valence-electron chi connectivity index (χ3n) is 2.94. The van der Waals surface area contributed by atoms with Crippen molar-refractivity contribution < 1.29 is 4.74 Å². The molecule has 15 heavy (non-hydrogen) atoms. The monoisotopic (exact) mass is 223 g/mol. The Morgan fingerprint density at radius 2 is 2.33 bits per heavy atom. The Morgan fingerprint density at radius 3 is 2.93 bits per heavy atom. The summed E-state index contributed by atoms with van der Waals surface area (Å²) in [5.41, 5.74) is 1.35. The first-order chi connectivity index (χ1) is 7.35. The van der Waals surface area contributed by atoms with Gasteiger partial charge in [-0.15, -0.1) is 11.8 Å². The molecule has 2 nitrogen and oxygen atoms in total. The van der Waals surface area contributed by atoms with Crippen LogP contribution in [0.5, 0.6) is 5.75 Å². The van der Waals surface area contributed by atoms with Gasteiger partial charge in [-0.05, 0) is 36.9 Å². The molecule has 2 rings (SSSR count). The second-order valence-corrected chi connectivity index (χ2v) is 4.68. The first-order valence-corrected chi connectivity index (χ1v) is 6.50. The average molecular weight is 223 g/mol. The zero-order chi connectivity index (χ0) is 10.7. The van der Waals surface area contributed by atoms with Gasteiger partial charge < -0.3 is 10.1 Å². The molecule has 0 aromatic heterocycles. The van der Waals surface area contributed by atoms with E-state index in [1.165, 1.54) is 16.9 Å². The van der Waals surface area contributed by atoms with Crippen molar-refractivity contribution in [3.63, 3.8) is 0 Å². The minimum Gasteiger partial charge on any atom is -0.496 e. The van der Waals surface area contributed by atoms with Gasteiger partial charge in [0, 0.05) is 17.4 Å². The van der Waals surface area contributed by atoms with Crippen molar-refractivity contribution in [2.75, 3.05) is 26.5 Å². The van der Waals surface area contributed by atoms with Crippen molar-refractivity contribution in [1.82, 2.24) is 5.32 Å². The van der Waals surface area contributed by atoms with Gasteiger partial charge in [0.15, 0.2) is 0 Å². The van der Waals surface area contributed by atoms with Gasteiger partial charge in [0.1, 0.15) is 5.75 Å². The Hall–Kier alpha value is -0.670. The molecule has 3 heteroatoms. The minimum absolute atomic E-state index is 0.621. The second kappa shape index (κ2) is 4.90. The lowest BCUT2D eigenvalue weighted by atomic mass is 9.97. The van der Waals surface area contributed by atoms with Crippen LogP contribution in [0.4, 0.5) is 0 Å². The molecule has 1 unspecified atom stereocenters. The summed E-state index contributed by atoms with van der Waals surface area (Å²) in [7, 11) is 1.76. The molecule has 1 heterocycles. The summed E-state index contributed by atoms with van der Waals surface area (Å²) in [4.78, 5) is 1.27. The number of thioether (sulfide) groups is 1. The molecule has 1 aromatic rings. The molecule has 0 bridgehead atoms. The Labute approximate surface area is 95.4 Å². The molecular weight excluding hydrogens is 206 g/mol. The van der Waals surface area contributed by atoms with Gasteiger partial charge in [0.05, 0.1) is 7.11 Å². The van der Waals surface area contributed by atoms with Crippen LogP contribution in [0.15, 0.2) is 23.1 Å². The molecule has 1 fully saturated rings. The fraction of sp³-hybridized carbons (Fsp3) is 0.500. The number of nitrogens with one attached hydrogen (secondary N) is 1. The summed E-state index contributed by atoms with van der Waals surface area (Å²) in [6.45, 7) is 2.20. The third-order valence-corrected chi connectivity index (χ3v) is 3.67. The highest BCUT2D eigenvalue weighted by Crippen LogP contribution is 2.33. The molecule has 82 valence electrons. The van der Waals surface area contributed by atoms with Crippen LogP contribution in [0.1, 0.15) is 17.9 Å². The van der Waals surface area contributed by atoms with Gasteiger partial charge in [0.2, 0.25) is 0 Å². The van der Waals surface area contributed by atoms with Crippen molar-refractivity contribution in [2.45, 2.75) is 17.2 Å². The average Bonchev–Trinajstić information content (AvgIpc) is 2.81. The van der Waals surface area contributed by atoms with E-state index in [2.05, 4.69) is 29.8 Å². The summed E-state index contributed by atoms with van der Waals surface area (Å²) in [6.07, 6.45) is 3.31. The Kier molecular flexibility index (Phi) is 3.54. The zero-order valence-corrected chi connectivity index (χ0v) is 10.1. The number of rotatable bonds is 3. The van der Waals surface area contributed by atoms with Crippen LogP contribution >= 0.6 is 11.8 Å². The van der Waals surface area contributed by atoms with E-state index < -0.39 is 0 Å². The van der Waals surface area contributed by atoms with E-state index in [1.807, 2.05) is 0 Å². The molecular formula is C12H17NOS. The van der Waals surface area contributed by atoms with E-state index in [-0.39, 0.29) is 0 Å². The van der Waals surface area contributed by atoms with E-state index >= 15 is 0 Å². The maximum Gasteiger partial charge on any atom is 0.123 e. The van der Waals surface area contributed by atoms with E-state index in [0.29, 0.717) is 5.92 Å². The molecule has 1 N–H and O–H groups in total. The maximum atomic E-state index is 5.46. The summed E-state index contributed by atoms with van der Waals surface area (Å²) in [6, 6.07) is 6.53. The predicted octanol–water partition coefficient (Wildman–Crippen LogP) is 2.49. The topological polar surface area (TPSA) is 21.3 Å². The quantitative estimate of drug-likeness (QED) is 0.796.